The van der Waals surface area contributed by atoms with Crippen LogP contribution < -0.4 is 4.74 Å². The van der Waals surface area contributed by atoms with E-state index in [0.29, 0.717) is 49.8 Å². The highest BCUT2D eigenvalue weighted by Crippen LogP contribution is 2.28. The van der Waals surface area contributed by atoms with E-state index in [4.69, 9.17) is 16.3 Å². The van der Waals surface area contributed by atoms with Crippen LogP contribution in [0.15, 0.2) is 12.1 Å². The van der Waals surface area contributed by atoms with Crippen molar-refractivity contribution < 1.29 is 14.3 Å². The number of nitrogens with zero attached hydrogens (tertiary/aromatic N) is 2. The Morgan fingerprint density at radius 3 is 2.25 bits per heavy atom. The van der Waals surface area contributed by atoms with Crippen LogP contribution in [0.4, 0.5) is 0 Å². The van der Waals surface area contributed by atoms with Crippen LogP contribution in [-0.2, 0) is 16.0 Å². The van der Waals surface area contributed by atoms with Gasteiger partial charge >= 0.3 is 0 Å². The number of halogens is 1. The van der Waals surface area contributed by atoms with E-state index in [1.807, 2.05) is 29.7 Å². The van der Waals surface area contributed by atoms with E-state index in [9.17, 15) is 9.59 Å². The molecule has 0 radical (unpaired) electrons. The quantitative estimate of drug-likeness (QED) is 0.818. The summed E-state index contributed by atoms with van der Waals surface area (Å²) in [5, 5.41) is 0.515. The first-order chi connectivity index (χ1) is 11.5. The minimum atomic E-state index is 0.0712. The van der Waals surface area contributed by atoms with Gasteiger partial charge in [-0.15, -0.1) is 0 Å². The molecule has 1 saturated heterocycles. The highest BCUT2D eigenvalue weighted by molar-refractivity contribution is 6.32. The lowest BCUT2D eigenvalue weighted by molar-refractivity contribution is -0.139. The van der Waals surface area contributed by atoms with Crippen molar-refractivity contribution >= 4 is 23.4 Å². The minimum Gasteiger partial charge on any atom is -0.495 e. The van der Waals surface area contributed by atoms with Crippen molar-refractivity contribution in [2.75, 3.05) is 33.3 Å². The first-order valence-corrected chi connectivity index (χ1v) is 8.72. The fraction of sp³-hybridized carbons (Fsp3) is 0.556. The van der Waals surface area contributed by atoms with Crippen LogP contribution in [0.1, 0.15) is 30.9 Å². The Hall–Kier alpha value is -1.75. The normalized spacial score (nSPS) is 14.7. The van der Waals surface area contributed by atoms with Gasteiger partial charge in [-0.2, -0.15) is 0 Å². The van der Waals surface area contributed by atoms with Crippen molar-refractivity contribution in [2.24, 2.45) is 0 Å². The molecule has 2 rings (SSSR count). The molecule has 1 aromatic rings. The van der Waals surface area contributed by atoms with Gasteiger partial charge in [0.05, 0.1) is 18.6 Å². The summed E-state index contributed by atoms with van der Waals surface area (Å²) in [6.07, 6.45) is 1.76. The van der Waals surface area contributed by atoms with Crippen molar-refractivity contribution in [1.82, 2.24) is 9.80 Å². The molecule has 1 heterocycles. The van der Waals surface area contributed by atoms with Gasteiger partial charge in [0.15, 0.2) is 0 Å². The predicted octanol–water partition coefficient (Wildman–Crippen LogP) is 2.67. The molecule has 0 spiro atoms. The summed E-state index contributed by atoms with van der Waals surface area (Å²) < 4.78 is 5.19. The number of methoxy groups -OCH3 is 1. The zero-order chi connectivity index (χ0) is 17.7. The summed E-state index contributed by atoms with van der Waals surface area (Å²) in [6.45, 7) is 6.37. The summed E-state index contributed by atoms with van der Waals surface area (Å²) in [4.78, 5) is 28.1. The molecule has 5 nitrogen and oxygen atoms in total. The lowest BCUT2D eigenvalue weighted by Crippen LogP contribution is -2.50. The van der Waals surface area contributed by atoms with Crippen LogP contribution in [0, 0.1) is 6.92 Å². The average Bonchev–Trinajstić information content (AvgIpc) is 2.58. The minimum absolute atomic E-state index is 0.0712. The van der Waals surface area contributed by atoms with Crippen LogP contribution in [0.2, 0.25) is 5.02 Å². The Kier molecular flexibility index (Phi) is 6.49. The molecule has 0 aromatic heterocycles. The first kappa shape index (κ1) is 18.6. The van der Waals surface area contributed by atoms with E-state index in [1.165, 1.54) is 0 Å². The number of hydrogen-bond donors (Lipinski definition) is 0. The number of rotatable bonds is 5. The monoisotopic (exact) mass is 352 g/mol. The maximum atomic E-state index is 12.5. The highest BCUT2D eigenvalue weighted by atomic mass is 35.5. The van der Waals surface area contributed by atoms with Crippen LogP contribution in [0.5, 0.6) is 5.75 Å². The molecule has 1 aliphatic heterocycles. The summed E-state index contributed by atoms with van der Waals surface area (Å²) in [6, 6.07) is 3.65. The van der Waals surface area contributed by atoms with Crippen molar-refractivity contribution in [1.29, 1.82) is 0 Å². The molecule has 0 aliphatic carbocycles. The standard InChI is InChI=1S/C18H25ClN2O3/c1-4-5-17(22)20-6-8-21(9-7-20)18(23)12-14-11-15(19)16(24-3)10-13(14)2/h10-11H,4-9,12H2,1-3H3. The summed E-state index contributed by atoms with van der Waals surface area (Å²) in [5.41, 5.74) is 1.90. The van der Waals surface area contributed by atoms with Gasteiger partial charge in [0.25, 0.3) is 0 Å². The van der Waals surface area contributed by atoms with E-state index in [0.717, 1.165) is 17.5 Å². The average molecular weight is 353 g/mol. The molecule has 0 atom stereocenters. The van der Waals surface area contributed by atoms with Crippen LogP contribution in [0.25, 0.3) is 0 Å². The summed E-state index contributed by atoms with van der Waals surface area (Å²) in [5.74, 6) is 0.873. The van der Waals surface area contributed by atoms with E-state index >= 15 is 0 Å². The highest BCUT2D eigenvalue weighted by Gasteiger charge is 2.24. The SMILES string of the molecule is CCCC(=O)N1CCN(C(=O)Cc2cc(Cl)c(OC)cc2C)CC1. The molecule has 0 unspecified atom stereocenters. The number of benzene rings is 1. The zero-order valence-corrected chi connectivity index (χ0v) is 15.4. The number of ether oxygens (including phenoxy) is 1. The van der Waals surface area contributed by atoms with Crippen LogP contribution in [0.3, 0.4) is 0 Å². The Balaban J connectivity index is 1.95. The summed E-state index contributed by atoms with van der Waals surface area (Å²) >= 11 is 6.16. The lowest BCUT2D eigenvalue weighted by Gasteiger charge is -2.35. The Morgan fingerprint density at radius 2 is 1.71 bits per heavy atom. The molecule has 1 fully saturated rings. The second kappa shape index (κ2) is 8.38. The number of carbonyl (C=O) groups is 2. The number of carbonyl (C=O) groups excluding carboxylic acids is 2. The van der Waals surface area contributed by atoms with Crippen molar-refractivity contribution in [2.45, 2.75) is 33.1 Å². The molecule has 1 aliphatic rings. The van der Waals surface area contributed by atoms with E-state index < -0.39 is 0 Å². The first-order valence-electron chi connectivity index (χ1n) is 8.34. The number of hydrogen-bond acceptors (Lipinski definition) is 3. The van der Waals surface area contributed by atoms with Gasteiger partial charge < -0.3 is 14.5 Å². The predicted molar refractivity (Wildman–Crippen MR) is 94.5 cm³/mol. The molecule has 0 bridgehead atoms. The van der Waals surface area contributed by atoms with Crippen molar-refractivity contribution in [3.63, 3.8) is 0 Å². The topological polar surface area (TPSA) is 49.9 Å². The van der Waals surface area contributed by atoms with Gasteiger partial charge in [0.1, 0.15) is 5.75 Å². The van der Waals surface area contributed by atoms with Crippen LogP contribution in [-0.4, -0.2) is 54.9 Å². The van der Waals surface area contributed by atoms with Crippen molar-refractivity contribution in [3.8, 4) is 5.75 Å². The lowest BCUT2D eigenvalue weighted by atomic mass is 10.0. The molecular weight excluding hydrogens is 328 g/mol. The molecule has 0 N–H and O–H groups in total. The fourth-order valence-electron chi connectivity index (χ4n) is 2.90. The second-order valence-electron chi connectivity index (χ2n) is 6.10. The Bertz CT molecular complexity index is 611. The van der Waals surface area contributed by atoms with E-state index in [2.05, 4.69) is 0 Å². The molecule has 1 aromatic carbocycles. The maximum Gasteiger partial charge on any atom is 0.227 e. The van der Waals surface area contributed by atoms with E-state index in [1.54, 1.807) is 13.2 Å². The van der Waals surface area contributed by atoms with Gasteiger partial charge in [0.2, 0.25) is 11.8 Å². The number of piperazine rings is 1. The Labute approximate surface area is 148 Å². The molecule has 2 amide bonds. The molecular formula is C18H25ClN2O3. The second-order valence-corrected chi connectivity index (χ2v) is 6.51. The molecule has 132 valence electrons. The van der Waals surface area contributed by atoms with Gasteiger partial charge in [0, 0.05) is 32.6 Å². The molecule has 24 heavy (non-hydrogen) atoms. The third-order valence-electron chi connectivity index (χ3n) is 4.40. The number of amides is 2. The molecule has 0 saturated carbocycles. The third kappa shape index (κ3) is 4.41. The third-order valence-corrected chi connectivity index (χ3v) is 4.70. The zero-order valence-electron chi connectivity index (χ0n) is 14.6. The number of aryl methyl sites for hydroxylation is 1. The van der Waals surface area contributed by atoms with Crippen LogP contribution >= 0.6 is 11.6 Å². The van der Waals surface area contributed by atoms with Gasteiger partial charge in [-0.05, 0) is 36.6 Å². The van der Waals surface area contributed by atoms with E-state index in [-0.39, 0.29) is 11.8 Å². The Morgan fingerprint density at radius 1 is 1.12 bits per heavy atom. The maximum absolute atomic E-state index is 12.5. The smallest absolute Gasteiger partial charge is 0.227 e. The van der Waals surface area contributed by atoms with Gasteiger partial charge in [-0.3, -0.25) is 9.59 Å². The summed E-state index contributed by atoms with van der Waals surface area (Å²) in [7, 11) is 1.57. The van der Waals surface area contributed by atoms with Gasteiger partial charge in [-0.1, -0.05) is 18.5 Å². The largest absolute Gasteiger partial charge is 0.495 e. The fourth-order valence-corrected chi connectivity index (χ4v) is 3.16. The van der Waals surface area contributed by atoms with Crippen molar-refractivity contribution in [3.05, 3.63) is 28.3 Å². The van der Waals surface area contributed by atoms with Gasteiger partial charge in [-0.25, -0.2) is 0 Å². The molecule has 6 heteroatoms.